The van der Waals surface area contributed by atoms with Gasteiger partial charge in [0.05, 0.1) is 17.1 Å². The van der Waals surface area contributed by atoms with Gasteiger partial charge in [0.15, 0.2) is 0 Å². The van der Waals surface area contributed by atoms with Gasteiger partial charge in [0.2, 0.25) is 5.95 Å². The normalized spacial score (nSPS) is 12.9. The first-order valence-electron chi connectivity index (χ1n) is 5.93. The molecule has 0 aliphatic rings. The molecular weight excluding hydrogens is 244 g/mol. The van der Waals surface area contributed by atoms with Crippen LogP contribution in [0.4, 0.5) is 5.95 Å². The second kappa shape index (κ2) is 4.42. The van der Waals surface area contributed by atoms with Gasteiger partial charge in [0.25, 0.3) is 0 Å². The molecule has 0 amide bonds. The number of rotatable bonds is 3. The number of anilines is 1. The van der Waals surface area contributed by atoms with Crippen LogP contribution in [0, 0.1) is 0 Å². The van der Waals surface area contributed by atoms with E-state index in [0.717, 1.165) is 22.5 Å². The fourth-order valence-corrected chi connectivity index (χ4v) is 3.07. The highest BCUT2D eigenvalue weighted by Crippen LogP contribution is 2.30. The van der Waals surface area contributed by atoms with Crippen LogP contribution in [-0.4, -0.2) is 14.5 Å². The molecule has 2 heterocycles. The summed E-state index contributed by atoms with van der Waals surface area (Å²) in [6.07, 6.45) is 2.77. The van der Waals surface area contributed by atoms with E-state index in [4.69, 9.17) is 5.73 Å². The Morgan fingerprint density at radius 2 is 2.22 bits per heavy atom. The zero-order valence-electron chi connectivity index (χ0n) is 10.1. The molecular formula is C13H14N4S. The summed E-state index contributed by atoms with van der Waals surface area (Å²) in [4.78, 5) is 8.82. The third-order valence-electron chi connectivity index (χ3n) is 3.06. The minimum Gasteiger partial charge on any atom is -0.369 e. The third-order valence-corrected chi connectivity index (χ3v) is 3.93. The van der Waals surface area contributed by atoms with Gasteiger partial charge in [-0.25, -0.2) is 9.97 Å². The molecule has 2 N–H and O–H groups in total. The van der Waals surface area contributed by atoms with E-state index in [1.165, 1.54) is 0 Å². The number of thiazole rings is 1. The molecule has 0 radical (unpaired) electrons. The third kappa shape index (κ3) is 1.67. The minimum atomic E-state index is 0.164. The largest absolute Gasteiger partial charge is 0.369 e. The summed E-state index contributed by atoms with van der Waals surface area (Å²) in [6.45, 7) is 2.14. The summed E-state index contributed by atoms with van der Waals surface area (Å²) in [5.41, 5.74) is 8.07. The maximum Gasteiger partial charge on any atom is 0.201 e. The Kier molecular flexibility index (Phi) is 2.76. The maximum atomic E-state index is 6.06. The SMILES string of the molecule is CCC(c1nccs1)n1c(N)nc2ccccc21. The Hall–Kier alpha value is -1.88. The molecule has 18 heavy (non-hydrogen) atoms. The lowest BCUT2D eigenvalue weighted by Gasteiger charge is -2.16. The lowest BCUT2D eigenvalue weighted by atomic mass is 10.2. The second-order valence-electron chi connectivity index (χ2n) is 4.12. The molecule has 3 aromatic rings. The molecule has 3 rings (SSSR count). The maximum absolute atomic E-state index is 6.06. The Labute approximate surface area is 109 Å². The first-order chi connectivity index (χ1) is 8.81. The molecule has 1 atom stereocenters. The number of hydrogen-bond acceptors (Lipinski definition) is 4. The molecule has 92 valence electrons. The molecule has 1 aromatic carbocycles. The molecule has 0 saturated heterocycles. The Bertz CT molecular complexity index is 657. The predicted molar refractivity (Wildman–Crippen MR) is 74.7 cm³/mol. The highest BCUT2D eigenvalue weighted by molar-refractivity contribution is 7.09. The van der Waals surface area contributed by atoms with Crippen molar-refractivity contribution in [1.82, 2.24) is 14.5 Å². The first kappa shape index (κ1) is 11.2. The summed E-state index contributed by atoms with van der Waals surface area (Å²) >= 11 is 1.66. The Balaban J connectivity index is 2.21. The van der Waals surface area contributed by atoms with Crippen LogP contribution in [0.5, 0.6) is 0 Å². The van der Waals surface area contributed by atoms with Gasteiger partial charge in [-0.3, -0.25) is 0 Å². The van der Waals surface area contributed by atoms with E-state index >= 15 is 0 Å². The highest BCUT2D eigenvalue weighted by atomic mass is 32.1. The van der Waals surface area contributed by atoms with Crippen molar-refractivity contribution in [3.63, 3.8) is 0 Å². The van der Waals surface area contributed by atoms with Crippen molar-refractivity contribution in [2.75, 3.05) is 5.73 Å². The molecule has 0 fully saturated rings. The first-order valence-corrected chi connectivity index (χ1v) is 6.81. The summed E-state index contributed by atoms with van der Waals surface area (Å²) in [6, 6.07) is 8.18. The number of aromatic nitrogens is 3. The number of hydrogen-bond donors (Lipinski definition) is 1. The van der Waals surface area contributed by atoms with Crippen LogP contribution in [-0.2, 0) is 0 Å². The van der Waals surface area contributed by atoms with Gasteiger partial charge in [-0.1, -0.05) is 19.1 Å². The summed E-state index contributed by atoms with van der Waals surface area (Å²) in [5.74, 6) is 0.554. The number of fused-ring (bicyclic) bond motifs is 1. The van der Waals surface area contributed by atoms with Crippen LogP contribution in [0.2, 0.25) is 0 Å². The molecule has 0 aliphatic carbocycles. The van der Waals surface area contributed by atoms with Gasteiger partial charge < -0.3 is 10.3 Å². The molecule has 0 aliphatic heterocycles. The molecule has 2 aromatic heterocycles. The average Bonchev–Trinajstić information content (AvgIpc) is 2.99. The second-order valence-corrected chi connectivity index (χ2v) is 5.05. The summed E-state index contributed by atoms with van der Waals surface area (Å²) in [5, 5.41) is 3.07. The molecule has 0 bridgehead atoms. The Morgan fingerprint density at radius 1 is 1.39 bits per heavy atom. The minimum absolute atomic E-state index is 0.164. The van der Waals surface area contributed by atoms with Crippen LogP contribution < -0.4 is 5.73 Å². The van der Waals surface area contributed by atoms with Gasteiger partial charge >= 0.3 is 0 Å². The van der Waals surface area contributed by atoms with Crippen molar-refractivity contribution in [3.8, 4) is 0 Å². The van der Waals surface area contributed by atoms with E-state index < -0.39 is 0 Å². The number of nitrogens with zero attached hydrogens (tertiary/aromatic N) is 3. The van der Waals surface area contributed by atoms with Crippen LogP contribution in [0.1, 0.15) is 24.4 Å². The fraction of sp³-hybridized carbons (Fsp3) is 0.231. The fourth-order valence-electron chi connectivity index (χ4n) is 2.26. The van der Waals surface area contributed by atoms with Crippen LogP contribution in [0.25, 0.3) is 11.0 Å². The van der Waals surface area contributed by atoms with E-state index in [2.05, 4.69) is 27.5 Å². The van der Waals surface area contributed by atoms with E-state index in [-0.39, 0.29) is 6.04 Å². The highest BCUT2D eigenvalue weighted by Gasteiger charge is 2.19. The van der Waals surface area contributed by atoms with E-state index in [9.17, 15) is 0 Å². The van der Waals surface area contributed by atoms with Crippen molar-refractivity contribution < 1.29 is 0 Å². The molecule has 1 unspecified atom stereocenters. The predicted octanol–water partition coefficient (Wildman–Crippen LogP) is 3.07. The van der Waals surface area contributed by atoms with Gasteiger partial charge in [-0.15, -0.1) is 11.3 Å². The van der Waals surface area contributed by atoms with Crippen LogP contribution >= 0.6 is 11.3 Å². The molecule has 0 spiro atoms. The number of nitrogens with two attached hydrogens (primary N) is 1. The average molecular weight is 258 g/mol. The van der Waals surface area contributed by atoms with Crippen molar-refractivity contribution in [3.05, 3.63) is 40.8 Å². The summed E-state index contributed by atoms with van der Waals surface area (Å²) < 4.78 is 2.08. The molecule has 0 saturated carbocycles. The topological polar surface area (TPSA) is 56.7 Å². The quantitative estimate of drug-likeness (QED) is 0.785. The standard InChI is InChI=1S/C13H14N4S/c1-2-10(12-15-7-8-18-12)17-11-6-4-3-5-9(11)16-13(17)14/h3-8,10H,2H2,1H3,(H2,14,16). The van der Waals surface area contributed by atoms with Gasteiger partial charge in [-0.2, -0.15) is 0 Å². The van der Waals surface area contributed by atoms with Crippen LogP contribution in [0.3, 0.4) is 0 Å². The monoisotopic (exact) mass is 258 g/mol. The van der Waals surface area contributed by atoms with E-state index in [0.29, 0.717) is 5.95 Å². The van der Waals surface area contributed by atoms with E-state index in [1.807, 2.05) is 29.8 Å². The zero-order chi connectivity index (χ0) is 12.5. The lowest BCUT2D eigenvalue weighted by Crippen LogP contribution is -2.12. The van der Waals surface area contributed by atoms with Crippen molar-refractivity contribution >= 4 is 28.3 Å². The van der Waals surface area contributed by atoms with Gasteiger partial charge in [-0.05, 0) is 18.6 Å². The van der Waals surface area contributed by atoms with Gasteiger partial charge in [0, 0.05) is 11.6 Å². The number of imidazole rings is 1. The van der Waals surface area contributed by atoms with Crippen molar-refractivity contribution in [2.45, 2.75) is 19.4 Å². The number of para-hydroxylation sites is 2. The summed E-state index contributed by atoms with van der Waals surface area (Å²) in [7, 11) is 0. The zero-order valence-corrected chi connectivity index (χ0v) is 10.9. The lowest BCUT2D eigenvalue weighted by molar-refractivity contribution is 0.585. The molecule has 4 nitrogen and oxygen atoms in total. The smallest absolute Gasteiger partial charge is 0.201 e. The Morgan fingerprint density at radius 3 is 2.94 bits per heavy atom. The number of nitrogen functional groups attached to an aromatic ring is 1. The van der Waals surface area contributed by atoms with Crippen LogP contribution in [0.15, 0.2) is 35.8 Å². The van der Waals surface area contributed by atoms with E-state index in [1.54, 1.807) is 11.3 Å². The van der Waals surface area contributed by atoms with Crippen molar-refractivity contribution in [2.24, 2.45) is 0 Å². The molecule has 5 heteroatoms. The van der Waals surface area contributed by atoms with Gasteiger partial charge in [0.1, 0.15) is 5.01 Å². The number of benzene rings is 1. The van der Waals surface area contributed by atoms with Crippen molar-refractivity contribution in [1.29, 1.82) is 0 Å².